The summed E-state index contributed by atoms with van der Waals surface area (Å²) in [6, 6.07) is 0. The van der Waals surface area contributed by atoms with Gasteiger partial charge < -0.3 is 0 Å². The lowest BCUT2D eigenvalue weighted by molar-refractivity contribution is 0.193. The van der Waals surface area contributed by atoms with Crippen LogP contribution in [0.3, 0.4) is 0 Å². The van der Waals surface area contributed by atoms with E-state index in [4.69, 9.17) is 11.6 Å². The van der Waals surface area contributed by atoms with Crippen molar-refractivity contribution in [3.8, 4) is 0 Å². The molecule has 2 aliphatic rings. The van der Waals surface area contributed by atoms with E-state index in [9.17, 15) is 0 Å². The van der Waals surface area contributed by atoms with Crippen LogP contribution in [-0.2, 0) is 6.42 Å². The van der Waals surface area contributed by atoms with Crippen molar-refractivity contribution in [3.05, 3.63) is 10.8 Å². The first-order valence-corrected chi connectivity index (χ1v) is 6.63. The minimum absolute atomic E-state index is 0.374. The van der Waals surface area contributed by atoms with Crippen LogP contribution in [0.1, 0.15) is 31.4 Å². The van der Waals surface area contributed by atoms with Gasteiger partial charge in [0.2, 0.25) is 0 Å². The molecule has 0 N–H and O–H groups in total. The van der Waals surface area contributed by atoms with Crippen molar-refractivity contribution in [3.63, 3.8) is 0 Å². The van der Waals surface area contributed by atoms with E-state index < -0.39 is 0 Å². The molecule has 3 rings (SSSR count). The van der Waals surface area contributed by atoms with E-state index in [0.29, 0.717) is 10.7 Å². The SMILES string of the molecule is Clc1nsnc1CC12CCCN1CCC2. The Bertz CT molecular complexity index is 355. The van der Waals surface area contributed by atoms with Crippen molar-refractivity contribution in [1.29, 1.82) is 0 Å². The zero-order chi connectivity index (χ0) is 10.3. The number of hydrogen-bond donors (Lipinski definition) is 0. The van der Waals surface area contributed by atoms with Gasteiger partial charge in [0.05, 0.1) is 17.4 Å². The number of halogens is 1. The summed E-state index contributed by atoms with van der Waals surface area (Å²) < 4.78 is 8.35. The molecule has 0 aromatic carbocycles. The largest absolute Gasteiger partial charge is 0.297 e. The van der Waals surface area contributed by atoms with Gasteiger partial charge in [-0.3, -0.25) is 4.90 Å². The van der Waals surface area contributed by atoms with Gasteiger partial charge in [0.1, 0.15) is 0 Å². The molecule has 0 aliphatic carbocycles. The second-order valence-electron chi connectivity index (χ2n) is 4.60. The number of aromatic nitrogens is 2. The highest BCUT2D eigenvalue weighted by Crippen LogP contribution is 2.41. The predicted octanol–water partition coefficient (Wildman–Crippen LogP) is 2.36. The van der Waals surface area contributed by atoms with Crippen LogP contribution < -0.4 is 0 Å². The number of fused-ring (bicyclic) bond motifs is 1. The van der Waals surface area contributed by atoms with Crippen LogP contribution in [-0.4, -0.2) is 32.3 Å². The molecule has 3 nitrogen and oxygen atoms in total. The second kappa shape index (κ2) is 3.68. The van der Waals surface area contributed by atoms with Crippen molar-refractivity contribution < 1.29 is 0 Å². The molecule has 15 heavy (non-hydrogen) atoms. The molecule has 0 amide bonds. The molecule has 2 fully saturated rings. The van der Waals surface area contributed by atoms with Crippen molar-refractivity contribution in [2.24, 2.45) is 0 Å². The van der Waals surface area contributed by atoms with Crippen molar-refractivity contribution in [1.82, 2.24) is 13.6 Å². The third-order valence-electron chi connectivity index (χ3n) is 3.82. The van der Waals surface area contributed by atoms with Crippen LogP contribution in [0.4, 0.5) is 0 Å². The maximum atomic E-state index is 6.02. The molecular formula is C10H14ClN3S. The number of nitrogens with zero attached hydrogens (tertiary/aromatic N) is 3. The highest BCUT2D eigenvalue weighted by molar-refractivity contribution is 6.99. The summed E-state index contributed by atoms with van der Waals surface area (Å²) in [5.74, 6) is 0. The minimum atomic E-state index is 0.374. The fourth-order valence-corrected chi connectivity index (χ4v) is 3.85. The van der Waals surface area contributed by atoms with Gasteiger partial charge in [-0.2, -0.15) is 8.75 Å². The highest BCUT2D eigenvalue weighted by atomic mass is 35.5. The van der Waals surface area contributed by atoms with Gasteiger partial charge >= 0.3 is 0 Å². The summed E-state index contributed by atoms with van der Waals surface area (Å²) in [6.07, 6.45) is 6.27. The molecule has 2 saturated heterocycles. The Morgan fingerprint density at radius 1 is 1.27 bits per heavy atom. The van der Waals surface area contributed by atoms with E-state index in [1.807, 2.05) is 0 Å². The molecule has 0 bridgehead atoms. The van der Waals surface area contributed by atoms with E-state index >= 15 is 0 Å². The van der Waals surface area contributed by atoms with Gasteiger partial charge in [0, 0.05) is 12.0 Å². The number of rotatable bonds is 2. The van der Waals surface area contributed by atoms with E-state index in [1.54, 1.807) is 0 Å². The van der Waals surface area contributed by atoms with Crippen LogP contribution in [0.5, 0.6) is 0 Å². The topological polar surface area (TPSA) is 29.0 Å². The van der Waals surface area contributed by atoms with Crippen LogP contribution in [0.15, 0.2) is 0 Å². The second-order valence-corrected chi connectivity index (χ2v) is 5.48. The van der Waals surface area contributed by atoms with Gasteiger partial charge in [0.15, 0.2) is 5.15 Å². The van der Waals surface area contributed by atoms with Crippen LogP contribution in [0.2, 0.25) is 5.15 Å². The maximum absolute atomic E-state index is 6.02. The monoisotopic (exact) mass is 243 g/mol. The molecule has 3 heterocycles. The van der Waals surface area contributed by atoms with Crippen molar-refractivity contribution in [2.45, 2.75) is 37.6 Å². The van der Waals surface area contributed by atoms with Gasteiger partial charge in [-0.05, 0) is 38.8 Å². The summed E-state index contributed by atoms with van der Waals surface area (Å²) in [6.45, 7) is 2.52. The lowest BCUT2D eigenvalue weighted by Gasteiger charge is -2.31. The number of hydrogen-bond acceptors (Lipinski definition) is 4. The first kappa shape index (κ1) is 10.00. The van der Waals surface area contributed by atoms with E-state index in [1.165, 1.54) is 50.5 Å². The first-order valence-electron chi connectivity index (χ1n) is 5.52. The normalized spacial score (nSPS) is 24.6. The average Bonchev–Trinajstić information content (AvgIpc) is 2.83. The Hall–Kier alpha value is -0.190. The molecular weight excluding hydrogens is 230 g/mol. The van der Waals surface area contributed by atoms with Crippen molar-refractivity contribution in [2.75, 3.05) is 13.1 Å². The van der Waals surface area contributed by atoms with E-state index in [0.717, 1.165) is 12.1 Å². The molecule has 1 aromatic heterocycles. The smallest absolute Gasteiger partial charge is 0.166 e. The summed E-state index contributed by atoms with van der Waals surface area (Å²) >= 11 is 7.25. The Morgan fingerprint density at radius 3 is 2.60 bits per heavy atom. The fraction of sp³-hybridized carbons (Fsp3) is 0.800. The third kappa shape index (κ3) is 1.59. The van der Waals surface area contributed by atoms with E-state index in [2.05, 4.69) is 13.6 Å². The molecule has 0 saturated carbocycles. The zero-order valence-electron chi connectivity index (χ0n) is 8.58. The molecule has 0 radical (unpaired) electrons. The molecule has 0 spiro atoms. The summed E-state index contributed by atoms with van der Waals surface area (Å²) in [5, 5.41) is 0.619. The minimum Gasteiger partial charge on any atom is -0.297 e. The summed E-state index contributed by atoms with van der Waals surface area (Å²) in [5.41, 5.74) is 1.38. The van der Waals surface area contributed by atoms with Crippen LogP contribution in [0.25, 0.3) is 0 Å². The first-order chi connectivity index (χ1) is 7.30. The summed E-state index contributed by atoms with van der Waals surface area (Å²) in [7, 11) is 0. The molecule has 0 unspecified atom stereocenters. The average molecular weight is 244 g/mol. The Kier molecular flexibility index (Phi) is 2.45. The van der Waals surface area contributed by atoms with Gasteiger partial charge in [-0.25, -0.2) is 0 Å². The Labute approximate surface area is 98.8 Å². The molecule has 82 valence electrons. The lowest BCUT2D eigenvalue weighted by atomic mass is 9.89. The standard InChI is InChI=1S/C10H14ClN3S/c11-9-8(12-15-13-9)7-10-3-1-5-14(10)6-2-4-10/h1-7H2. The summed E-state index contributed by atoms with van der Waals surface area (Å²) in [4.78, 5) is 2.63. The zero-order valence-corrected chi connectivity index (χ0v) is 10.2. The highest BCUT2D eigenvalue weighted by Gasteiger charge is 2.44. The van der Waals surface area contributed by atoms with Gasteiger partial charge in [0.25, 0.3) is 0 Å². The quantitative estimate of drug-likeness (QED) is 0.799. The predicted molar refractivity (Wildman–Crippen MR) is 61.4 cm³/mol. The fourth-order valence-electron chi connectivity index (χ4n) is 3.13. The lowest BCUT2D eigenvalue weighted by Crippen LogP contribution is -2.40. The Balaban J connectivity index is 1.85. The maximum Gasteiger partial charge on any atom is 0.166 e. The molecule has 2 aliphatic heterocycles. The molecule has 5 heteroatoms. The van der Waals surface area contributed by atoms with E-state index in [-0.39, 0.29) is 0 Å². The van der Waals surface area contributed by atoms with Crippen LogP contribution in [0, 0.1) is 0 Å². The molecule has 0 atom stereocenters. The van der Waals surface area contributed by atoms with Gasteiger partial charge in [-0.15, -0.1) is 0 Å². The Morgan fingerprint density at radius 2 is 2.00 bits per heavy atom. The third-order valence-corrected chi connectivity index (χ3v) is 4.79. The van der Waals surface area contributed by atoms with Gasteiger partial charge in [-0.1, -0.05) is 11.6 Å². The molecule has 1 aromatic rings. The van der Waals surface area contributed by atoms with Crippen molar-refractivity contribution >= 4 is 23.3 Å². The van der Waals surface area contributed by atoms with Crippen LogP contribution >= 0.6 is 23.3 Å².